The van der Waals surface area contributed by atoms with Gasteiger partial charge in [0.15, 0.2) is 5.69 Å². The van der Waals surface area contributed by atoms with Crippen molar-refractivity contribution >= 4 is 22.9 Å². The Morgan fingerprint density at radius 1 is 1.29 bits per heavy atom. The highest BCUT2D eigenvalue weighted by atomic mass is 16.6. The number of para-hydroxylation sites is 1. The summed E-state index contributed by atoms with van der Waals surface area (Å²) in [4.78, 5) is 28.2. The van der Waals surface area contributed by atoms with E-state index < -0.39 is 0 Å². The average molecular weight is 328 g/mol. The minimum atomic E-state index is -0.231. The van der Waals surface area contributed by atoms with Crippen molar-refractivity contribution in [2.75, 3.05) is 19.6 Å². The molecule has 126 valence electrons. The molecular formula is C17H20N4O3. The molecule has 7 heteroatoms. The number of fused-ring (bicyclic) bond motifs is 1. The fraction of sp³-hybridized carbons (Fsp3) is 0.471. The van der Waals surface area contributed by atoms with Gasteiger partial charge in [0.1, 0.15) is 6.10 Å². The molecule has 1 atom stereocenters. The topological polar surface area (TPSA) is 78.5 Å². The predicted octanol–water partition coefficient (Wildman–Crippen LogP) is 2.01. The van der Waals surface area contributed by atoms with Crippen molar-refractivity contribution in [1.82, 2.24) is 20.0 Å². The van der Waals surface area contributed by atoms with E-state index in [1.165, 1.54) is 0 Å². The molecule has 1 aromatic heterocycles. The molecule has 0 bridgehead atoms. The number of amides is 2. The van der Waals surface area contributed by atoms with Crippen molar-refractivity contribution in [2.45, 2.75) is 31.9 Å². The van der Waals surface area contributed by atoms with E-state index in [9.17, 15) is 9.59 Å². The van der Waals surface area contributed by atoms with Crippen LogP contribution in [0, 0.1) is 0 Å². The molecule has 3 heterocycles. The second kappa shape index (κ2) is 5.81. The minimum absolute atomic E-state index is 0.0485. The summed E-state index contributed by atoms with van der Waals surface area (Å²) in [5.74, 6) is -0.0525. The number of aromatic nitrogens is 2. The van der Waals surface area contributed by atoms with Gasteiger partial charge >= 0.3 is 6.09 Å². The van der Waals surface area contributed by atoms with E-state index in [1.807, 2.05) is 36.1 Å². The Balaban J connectivity index is 1.44. The Morgan fingerprint density at radius 2 is 2.04 bits per heavy atom. The lowest BCUT2D eigenvalue weighted by Crippen LogP contribution is -2.47. The molecule has 2 aliphatic rings. The standard InChI is InChI=1S/C17H20N4O3/c1-11-10-21(17(23)24-11)12-6-8-20(9-7-12)16(22)15-13-4-2-3-5-14(13)18-19-15/h2-5,11-12H,6-10H2,1H3,(H,18,19). The second-order valence-electron chi connectivity index (χ2n) is 6.49. The number of piperidine rings is 1. The van der Waals surface area contributed by atoms with Gasteiger partial charge in [0.2, 0.25) is 0 Å². The first-order valence-electron chi connectivity index (χ1n) is 8.33. The van der Waals surface area contributed by atoms with E-state index in [-0.39, 0.29) is 24.1 Å². The van der Waals surface area contributed by atoms with Crippen LogP contribution in [0.25, 0.3) is 10.9 Å². The third-order valence-corrected chi connectivity index (χ3v) is 4.86. The maximum Gasteiger partial charge on any atom is 0.410 e. The number of ether oxygens (including phenoxy) is 1. The van der Waals surface area contributed by atoms with Crippen LogP contribution in [0.1, 0.15) is 30.3 Å². The molecule has 0 saturated carbocycles. The van der Waals surface area contributed by atoms with Crippen molar-refractivity contribution in [3.05, 3.63) is 30.0 Å². The first kappa shape index (κ1) is 15.0. The Labute approximate surface area is 139 Å². The van der Waals surface area contributed by atoms with Gasteiger partial charge in [0, 0.05) is 24.5 Å². The molecule has 1 unspecified atom stereocenters. The molecule has 2 amide bonds. The van der Waals surface area contributed by atoms with Gasteiger partial charge in [-0.25, -0.2) is 4.79 Å². The Hall–Kier alpha value is -2.57. The highest BCUT2D eigenvalue weighted by molar-refractivity contribution is 6.04. The van der Waals surface area contributed by atoms with Crippen LogP contribution < -0.4 is 0 Å². The predicted molar refractivity (Wildman–Crippen MR) is 87.7 cm³/mol. The summed E-state index contributed by atoms with van der Waals surface area (Å²) in [6, 6.07) is 7.78. The number of rotatable bonds is 2. The van der Waals surface area contributed by atoms with E-state index in [2.05, 4.69) is 10.2 Å². The van der Waals surface area contributed by atoms with Gasteiger partial charge in [-0.3, -0.25) is 9.89 Å². The molecular weight excluding hydrogens is 308 g/mol. The summed E-state index contributed by atoms with van der Waals surface area (Å²) in [7, 11) is 0. The number of benzene rings is 1. The first-order valence-corrected chi connectivity index (χ1v) is 8.33. The minimum Gasteiger partial charge on any atom is -0.444 e. The summed E-state index contributed by atoms with van der Waals surface area (Å²) >= 11 is 0. The van der Waals surface area contributed by atoms with E-state index in [0.717, 1.165) is 23.7 Å². The number of nitrogens with zero attached hydrogens (tertiary/aromatic N) is 3. The Morgan fingerprint density at radius 3 is 2.75 bits per heavy atom. The first-order chi connectivity index (χ1) is 11.6. The smallest absolute Gasteiger partial charge is 0.410 e. The second-order valence-corrected chi connectivity index (χ2v) is 6.49. The third-order valence-electron chi connectivity index (χ3n) is 4.86. The van der Waals surface area contributed by atoms with Crippen LogP contribution in [0.5, 0.6) is 0 Å². The summed E-state index contributed by atoms with van der Waals surface area (Å²) in [5, 5.41) is 7.94. The molecule has 4 rings (SSSR count). The number of aromatic amines is 1. The van der Waals surface area contributed by atoms with E-state index >= 15 is 0 Å². The fourth-order valence-electron chi connectivity index (χ4n) is 3.58. The molecule has 2 saturated heterocycles. The van der Waals surface area contributed by atoms with Crippen LogP contribution in [0.4, 0.5) is 4.79 Å². The maximum atomic E-state index is 12.8. The molecule has 2 aromatic rings. The van der Waals surface area contributed by atoms with Crippen LogP contribution in [0.15, 0.2) is 24.3 Å². The van der Waals surface area contributed by atoms with E-state index in [1.54, 1.807) is 4.90 Å². The van der Waals surface area contributed by atoms with Crippen molar-refractivity contribution in [1.29, 1.82) is 0 Å². The molecule has 2 fully saturated rings. The lowest BCUT2D eigenvalue weighted by Gasteiger charge is -2.35. The molecule has 1 N–H and O–H groups in total. The number of H-pyrrole nitrogens is 1. The number of likely N-dealkylation sites (tertiary alicyclic amines) is 1. The molecule has 24 heavy (non-hydrogen) atoms. The van der Waals surface area contributed by atoms with Crippen molar-refractivity contribution in [3.63, 3.8) is 0 Å². The third kappa shape index (κ3) is 2.50. The number of nitrogens with one attached hydrogen (secondary N) is 1. The van der Waals surface area contributed by atoms with Crippen LogP contribution in [0.3, 0.4) is 0 Å². The molecule has 0 spiro atoms. The zero-order valence-electron chi connectivity index (χ0n) is 13.6. The summed E-state index contributed by atoms with van der Waals surface area (Å²) < 4.78 is 5.20. The van der Waals surface area contributed by atoms with Crippen molar-refractivity contribution in [3.8, 4) is 0 Å². The SMILES string of the molecule is CC1CN(C2CCN(C(=O)c3n[nH]c4ccccc34)CC2)C(=O)O1. The molecule has 1 aromatic carbocycles. The number of hydrogen-bond donors (Lipinski definition) is 1. The largest absolute Gasteiger partial charge is 0.444 e. The van der Waals surface area contributed by atoms with Crippen LogP contribution in [-0.2, 0) is 4.74 Å². The molecule has 2 aliphatic heterocycles. The van der Waals surface area contributed by atoms with Gasteiger partial charge in [0.05, 0.1) is 12.1 Å². The van der Waals surface area contributed by atoms with Gasteiger partial charge < -0.3 is 14.5 Å². The quantitative estimate of drug-likeness (QED) is 0.914. The number of carbonyl (C=O) groups is 2. The van der Waals surface area contributed by atoms with Crippen LogP contribution in [-0.4, -0.2) is 63.8 Å². The normalized spacial score (nSPS) is 22.2. The summed E-state index contributed by atoms with van der Waals surface area (Å²) in [6.45, 7) is 3.80. The van der Waals surface area contributed by atoms with E-state index in [0.29, 0.717) is 25.3 Å². The molecule has 7 nitrogen and oxygen atoms in total. The highest BCUT2D eigenvalue weighted by Crippen LogP contribution is 2.24. The lowest BCUT2D eigenvalue weighted by atomic mass is 10.0. The number of cyclic esters (lactones) is 1. The zero-order chi connectivity index (χ0) is 16.7. The van der Waals surface area contributed by atoms with Crippen LogP contribution in [0.2, 0.25) is 0 Å². The van der Waals surface area contributed by atoms with E-state index in [4.69, 9.17) is 4.74 Å². The van der Waals surface area contributed by atoms with Crippen LogP contribution >= 0.6 is 0 Å². The van der Waals surface area contributed by atoms with Gasteiger partial charge in [0.25, 0.3) is 5.91 Å². The zero-order valence-corrected chi connectivity index (χ0v) is 13.6. The van der Waals surface area contributed by atoms with Gasteiger partial charge in [-0.05, 0) is 25.8 Å². The Bertz CT molecular complexity index is 779. The fourth-order valence-corrected chi connectivity index (χ4v) is 3.58. The lowest BCUT2D eigenvalue weighted by molar-refractivity contribution is 0.0654. The molecule has 0 aliphatic carbocycles. The molecule has 0 radical (unpaired) electrons. The number of carbonyl (C=O) groups excluding carboxylic acids is 2. The monoisotopic (exact) mass is 328 g/mol. The Kier molecular flexibility index (Phi) is 3.63. The summed E-state index contributed by atoms with van der Waals surface area (Å²) in [5.41, 5.74) is 1.34. The van der Waals surface area contributed by atoms with Crippen molar-refractivity contribution in [2.24, 2.45) is 0 Å². The van der Waals surface area contributed by atoms with Crippen molar-refractivity contribution < 1.29 is 14.3 Å². The summed E-state index contributed by atoms with van der Waals surface area (Å²) in [6.07, 6.45) is 1.27. The average Bonchev–Trinajstić information content (AvgIpc) is 3.17. The van der Waals surface area contributed by atoms with Gasteiger partial charge in [-0.15, -0.1) is 0 Å². The maximum absolute atomic E-state index is 12.8. The number of hydrogen-bond acceptors (Lipinski definition) is 4. The van der Waals surface area contributed by atoms with Gasteiger partial charge in [-0.2, -0.15) is 5.10 Å². The highest BCUT2D eigenvalue weighted by Gasteiger charge is 2.36. The van der Waals surface area contributed by atoms with Gasteiger partial charge in [-0.1, -0.05) is 18.2 Å².